The van der Waals surface area contributed by atoms with Crippen molar-refractivity contribution in [1.29, 1.82) is 0 Å². The van der Waals surface area contributed by atoms with Gasteiger partial charge in [-0.1, -0.05) is 24.3 Å². The molecule has 1 atom stereocenters. The molecule has 3 aromatic rings. The maximum atomic E-state index is 13.7. The molecule has 39 heavy (non-hydrogen) atoms. The first kappa shape index (κ1) is 27.1. The third-order valence-electron chi connectivity index (χ3n) is 7.68. The third-order valence-corrected chi connectivity index (χ3v) is 9.53. The number of carbonyl (C=O) groups excluding carboxylic acids is 2. The van der Waals surface area contributed by atoms with E-state index in [1.54, 1.807) is 17.6 Å². The number of hydrogen-bond acceptors (Lipinski definition) is 6. The summed E-state index contributed by atoms with van der Waals surface area (Å²) < 4.78 is 35.6. The minimum Gasteiger partial charge on any atom is -0.466 e. The number of amides is 1. The van der Waals surface area contributed by atoms with E-state index in [-0.39, 0.29) is 41.5 Å². The van der Waals surface area contributed by atoms with Gasteiger partial charge in [0.15, 0.2) is 0 Å². The van der Waals surface area contributed by atoms with E-state index in [4.69, 9.17) is 4.74 Å². The number of nitrogens with zero attached hydrogens (tertiary/aromatic N) is 3. The molecule has 1 fully saturated rings. The van der Waals surface area contributed by atoms with E-state index in [0.717, 1.165) is 11.1 Å². The number of esters is 1. The zero-order valence-electron chi connectivity index (χ0n) is 22.3. The topological polar surface area (TPSA) is 106 Å². The Balaban J connectivity index is 1.50. The van der Waals surface area contributed by atoms with E-state index in [1.807, 2.05) is 31.2 Å². The van der Waals surface area contributed by atoms with Crippen LogP contribution in [0.25, 0.3) is 10.9 Å². The molecule has 10 heteroatoms. The first-order valence-corrected chi connectivity index (χ1v) is 14.9. The zero-order chi connectivity index (χ0) is 27.7. The van der Waals surface area contributed by atoms with E-state index < -0.39 is 27.3 Å². The number of pyridine rings is 1. The molecule has 1 saturated heterocycles. The van der Waals surface area contributed by atoms with Crippen LogP contribution in [-0.4, -0.2) is 60.3 Å². The number of rotatable bonds is 6. The molecule has 0 aliphatic carbocycles. The van der Waals surface area contributed by atoms with Crippen LogP contribution < -0.4 is 5.43 Å². The molecule has 1 amide bonds. The maximum Gasteiger partial charge on any atom is 0.310 e. The Morgan fingerprint density at radius 3 is 2.56 bits per heavy atom. The number of aryl methyl sites for hydroxylation is 1. The average molecular weight is 552 g/mol. The normalized spacial score (nSPS) is 18.1. The number of aromatic nitrogens is 1. The lowest BCUT2D eigenvalue weighted by molar-refractivity contribution is -0.149. The summed E-state index contributed by atoms with van der Waals surface area (Å²) in [5.41, 5.74) is 2.12. The summed E-state index contributed by atoms with van der Waals surface area (Å²) in [6, 6.07) is 12.4. The van der Waals surface area contributed by atoms with Crippen LogP contribution in [-0.2, 0) is 39.1 Å². The molecule has 5 rings (SSSR count). The van der Waals surface area contributed by atoms with E-state index >= 15 is 0 Å². The van der Waals surface area contributed by atoms with Crippen LogP contribution in [0.4, 0.5) is 0 Å². The number of sulfonamides is 1. The maximum absolute atomic E-state index is 13.7. The summed E-state index contributed by atoms with van der Waals surface area (Å²) in [5, 5.41) is 0.181. The van der Waals surface area contributed by atoms with E-state index in [9.17, 15) is 22.8 Å². The summed E-state index contributed by atoms with van der Waals surface area (Å²) in [7, 11) is -3.87. The zero-order valence-corrected chi connectivity index (χ0v) is 23.1. The molecule has 9 nitrogen and oxygen atoms in total. The van der Waals surface area contributed by atoms with Crippen LogP contribution in [0, 0.1) is 5.92 Å². The molecule has 206 valence electrons. The van der Waals surface area contributed by atoms with Crippen molar-refractivity contribution >= 4 is 32.8 Å². The molecular weight excluding hydrogens is 518 g/mol. The van der Waals surface area contributed by atoms with Gasteiger partial charge in [0.1, 0.15) is 5.56 Å². The van der Waals surface area contributed by atoms with Gasteiger partial charge in [0.05, 0.1) is 22.9 Å². The fourth-order valence-electron chi connectivity index (χ4n) is 5.56. The van der Waals surface area contributed by atoms with E-state index in [2.05, 4.69) is 0 Å². The van der Waals surface area contributed by atoms with E-state index in [0.29, 0.717) is 44.4 Å². The van der Waals surface area contributed by atoms with Crippen molar-refractivity contribution in [3.05, 3.63) is 75.6 Å². The van der Waals surface area contributed by atoms with Crippen LogP contribution in [0.2, 0.25) is 0 Å². The van der Waals surface area contributed by atoms with Gasteiger partial charge in [0, 0.05) is 44.3 Å². The summed E-state index contributed by atoms with van der Waals surface area (Å²) in [5.74, 6) is -1.23. The molecule has 2 aromatic carbocycles. The Bertz CT molecular complexity index is 1600. The highest BCUT2D eigenvalue weighted by Crippen LogP contribution is 2.27. The second-order valence-electron chi connectivity index (χ2n) is 10.0. The monoisotopic (exact) mass is 551 g/mol. The van der Waals surface area contributed by atoms with Gasteiger partial charge < -0.3 is 14.2 Å². The fourth-order valence-corrected chi connectivity index (χ4v) is 7.01. The van der Waals surface area contributed by atoms with Gasteiger partial charge in [-0.25, -0.2) is 8.42 Å². The van der Waals surface area contributed by atoms with Crippen molar-refractivity contribution in [2.45, 2.75) is 51.1 Å². The first-order valence-electron chi connectivity index (χ1n) is 13.4. The molecule has 0 N–H and O–H groups in total. The SMILES string of the molecule is CCOC(=O)C1CCCN(C(=O)c2cn(CC)c3ccc(S(=O)(=O)N4CCc5ccccc5C4)cc3c2=O)C1. The summed E-state index contributed by atoms with van der Waals surface area (Å²) in [6.45, 7) is 5.63. The van der Waals surface area contributed by atoms with Gasteiger partial charge in [-0.05, 0) is 62.4 Å². The molecule has 2 aliphatic rings. The van der Waals surface area contributed by atoms with Crippen molar-refractivity contribution in [3.63, 3.8) is 0 Å². The molecule has 0 saturated carbocycles. The Kier molecular flexibility index (Phi) is 7.59. The fraction of sp³-hybridized carbons (Fsp3) is 0.414. The van der Waals surface area contributed by atoms with Gasteiger partial charge >= 0.3 is 5.97 Å². The summed E-state index contributed by atoms with van der Waals surface area (Å²) >= 11 is 0. The number of piperidine rings is 1. The Morgan fingerprint density at radius 1 is 1.05 bits per heavy atom. The molecule has 0 spiro atoms. The number of likely N-dealkylation sites (tertiary alicyclic amines) is 1. The standard InChI is InChI=1S/C29H33N3O6S/c1-3-30-19-25(28(34)31-14-7-10-22(17-31)29(35)38-4-2)27(33)24-16-23(11-12-26(24)30)39(36,37)32-15-13-20-8-5-6-9-21(20)18-32/h5-6,8-9,11-12,16,19,22H,3-4,7,10,13-15,17-18H2,1-2H3. The molecule has 3 heterocycles. The van der Waals surface area contributed by atoms with Gasteiger partial charge in [-0.2, -0.15) is 4.31 Å². The van der Waals surface area contributed by atoms with E-state index in [1.165, 1.54) is 27.5 Å². The quantitative estimate of drug-likeness (QED) is 0.436. The van der Waals surface area contributed by atoms with Crippen molar-refractivity contribution in [2.24, 2.45) is 5.92 Å². The second kappa shape index (κ2) is 10.9. The van der Waals surface area contributed by atoms with Gasteiger partial charge in [-0.15, -0.1) is 0 Å². The molecule has 1 unspecified atom stereocenters. The summed E-state index contributed by atoms with van der Waals surface area (Å²) in [4.78, 5) is 41.0. The van der Waals surface area contributed by atoms with Gasteiger partial charge in [0.25, 0.3) is 5.91 Å². The number of benzene rings is 2. The summed E-state index contributed by atoms with van der Waals surface area (Å²) in [6.07, 6.45) is 3.41. The van der Waals surface area contributed by atoms with Gasteiger partial charge in [0.2, 0.25) is 15.5 Å². The van der Waals surface area contributed by atoms with Crippen LogP contribution in [0.1, 0.15) is 48.2 Å². The Labute approximate surface area is 228 Å². The van der Waals surface area contributed by atoms with Crippen LogP contribution in [0.3, 0.4) is 0 Å². The van der Waals surface area contributed by atoms with Crippen molar-refractivity contribution in [3.8, 4) is 0 Å². The predicted octanol–water partition coefficient (Wildman–Crippen LogP) is 3.18. The molecule has 1 aromatic heterocycles. The number of ether oxygens (including phenoxy) is 1. The Hall–Kier alpha value is -3.50. The molecule has 2 aliphatic heterocycles. The highest BCUT2D eigenvalue weighted by atomic mass is 32.2. The van der Waals surface area contributed by atoms with Crippen molar-refractivity contribution < 1.29 is 22.7 Å². The smallest absolute Gasteiger partial charge is 0.310 e. The lowest BCUT2D eigenvalue weighted by Gasteiger charge is -2.31. The number of fused-ring (bicyclic) bond motifs is 2. The minimum atomic E-state index is -3.87. The Morgan fingerprint density at radius 2 is 1.82 bits per heavy atom. The highest BCUT2D eigenvalue weighted by molar-refractivity contribution is 7.89. The number of carbonyl (C=O) groups is 2. The molecule has 0 radical (unpaired) electrons. The van der Waals surface area contributed by atoms with Crippen LogP contribution in [0.15, 0.2) is 58.4 Å². The average Bonchev–Trinajstić information content (AvgIpc) is 2.96. The molecular formula is C29H33N3O6S. The van der Waals surface area contributed by atoms with Gasteiger partial charge in [-0.3, -0.25) is 14.4 Å². The highest BCUT2D eigenvalue weighted by Gasteiger charge is 2.32. The largest absolute Gasteiger partial charge is 0.466 e. The second-order valence-corrected chi connectivity index (χ2v) is 12.0. The third kappa shape index (κ3) is 5.10. The number of hydrogen-bond donors (Lipinski definition) is 0. The van der Waals surface area contributed by atoms with Crippen molar-refractivity contribution in [2.75, 3.05) is 26.2 Å². The van der Waals surface area contributed by atoms with Crippen molar-refractivity contribution in [1.82, 2.24) is 13.8 Å². The van der Waals surface area contributed by atoms with Crippen LogP contribution in [0.5, 0.6) is 0 Å². The molecule has 0 bridgehead atoms. The lowest BCUT2D eigenvalue weighted by atomic mass is 9.97. The first-order chi connectivity index (χ1) is 18.7. The predicted molar refractivity (Wildman–Crippen MR) is 147 cm³/mol. The lowest BCUT2D eigenvalue weighted by Crippen LogP contribution is -2.44. The van der Waals surface area contributed by atoms with Crippen LogP contribution >= 0.6 is 0 Å². The minimum absolute atomic E-state index is 0.0269.